The lowest BCUT2D eigenvalue weighted by Gasteiger charge is -2.49. The van der Waals surface area contributed by atoms with Crippen LogP contribution in [0.4, 0.5) is 0 Å². The van der Waals surface area contributed by atoms with Crippen molar-refractivity contribution in [2.75, 3.05) is 20.3 Å². The van der Waals surface area contributed by atoms with Gasteiger partial charge in [-0.3, -0.25) is 28.8 Å². The number of carbonyl (C=O) groups excluding carboxylic acids is 8. The van der Waals surface area contributed by atoms with Crippen LogP contribution in [-0.4, -0.2) is 134 Å². The summed E-state index contributed by atoms with van der Waals surface area (Å²) in [6.45, 7) is 2.97. The molecule has 20 nitrogen and oxygen atoms in total. The molecule has 0 aromatic heterocycles. The summed E-state index contributed by atoms with van der Waals surface area (Å²) in [4.78, 5) is 105. The van der Waals surface area contributed by atoms with E-state index in [-0.39, 0.29) is 22.3 Å². The van der Waals surface area contributed by atoms with Crippen LogP contribution in [0.3, 0.4) is 0 Å². The molecule has 63 heavy (non-hydrogen) atoms. The van der Waals surface area contributed by atoms with Crippen LogP contribution in [-0.2, 0) is 66.5 Å². The van der Waals surface area contributed by atoms with Crippen molar-refractivity contribution in [1.29, 1.82) is 0 Å². The number of hydrogen-bond donors (Lipinski definition) is 1. The second-order valence-electron chi connectivity index (χ2n) is 14.3. The van der Waals surface area contributed by atoms with Crippen LogP contribution in [0.1, 0.15) is 69.1 Å². The fraction of sp³-hybridized carbons (Fsp3) is 0.395. The molecule has 0 bridgehead atoms. The molecule has 3 heterocycles. The topological polar surface area (TPSA) is 244 Å². The van der Waals surface area contributed by atoms with E-state index in [1.165, 1.54) is 43.5 Å². The van der Waals surface area contributed by atoms with E-state index < -0.39 is 122 Å². The first-order valence-corrected chi connectivity index (χ1v) is 19.5. The Morgan fingerprint density at radius 2 is 1.02 bits per heavy atom. The molecular weight excluding hydrogens is 832 g/mol. The fourth-order valence-electron chi connectivity index (χ4n) is 7.17. The summed E-state index contributed by atoms with van der Waals surface area (Å²) in [6, 6.07) is 20.1. The van der Waals surface area contributed by atoms with E-state index in [0.29, 0.717) is 5.01 Å². The predicted molar refractivity (Wildman–Crippen MR) is 209 cm³/mol. The summed E-state index contributed by atoms with van der Waals surface area (Å²) >= 11 is 0. The molecule has 0 aliphatic carbocycles. The Labute approximate surface area is 359 Å². The predicted octanol–water partition coefficient (Wildman–Crippen LogP) is 2.08. The summed E-state index contributed by atoms with van der Waals surface area (Å²) in [5.74, 6) is -6.80. The van der Waals surface area contributed by atoms with Crippen LogP contribution in [0.25, 0.3) is 0 Å². The number of hydrazine groups is 1. The van der Waals surface area contributed by atoms with Gasteiger partial charge in [0, 0.05) is 34.8 Å². The third-order valence-electron chi connectivity index (χ3n) is 9.83. The van der Waals surface area contributed by atoms with Crippen LogP contribution in [0, 0.1) is 0 Å². The first-order valence-electron chi connectivity index (χ1n) is 19.5. The number of rotatable bonds is 15. The van der Waals surface area contributed by atoms with Crippen LogP contribution >= 0.6 is 0 Å². The molecule has 1 N–H and O–H groups in total. The van der Waals surface area contributed by atoms with Crippen LogP contribution in [0.15, 0.2) is 84.9 Å². The summed E-state index contributed by atoms with van der Waals surface area (Å²) in [5.41, 5.74) is 3.15. The molecule has 334 valence electrons. The average Bonchev–Trinajstić information content (AvgIpc) is 3.50. The average molecular weight is 877 g/mol. The number of amides is 2. The summed E-state index contributed by atoms with van der Waals surface area (Å²) < 4.78 is 58.7. The Hall–Kier alpha value is -6.58. The summed E-state index contributed by atoms with van der Waals surface area (Å²) in [6.07, 6.45) is -14.8. The van der Waals surface area contributed by atoms with E-state index in [1.807, 2.05) is 0 Å². The molecule has 3 aromatic carbocycles. The number of nitrogens with one attached hydrogen (secondary N) is 1. The fourth-order valence-corrected chi connectivity index (χ4v) is 7.17. The number of nitrogens with zero attached hydrogens (tertiary/aromatic N) is 1. The molecule has 3 aliphatic heterocycles. The van der Waals surface area contributed by atoms with Crippen LogP contribution in [0.2, 0.25) is 0 Å². The first-order chi connectivity index (χ1) is 30.2. The molecule has 0 spiro atoms. The number of hydrogen-bond acceptors (Lipinski definition) is 19. The highest BCUT2D eigenvalue weighted by Gasteiger charge is 2.58. The minimum absolute atomic E-state index is 0.0514. The molecule has 0 saturated carbocycles. The Morgan fingerprint density at radius 3 is 1.56 bits per heavy atom. The minimum atomic E-state index is -1.89. The van der Waals surface area contributed by atoms with Crippen molar-refractivity contribution in [1.82, 2.24) is 10.4 Å². The molecule has 2 saturated heterocycles. The lowest BCUT2D eigenvalue weighted by molar-refractivity contribution is -0.349. The number of methoxy groups -OCH3 is 1. The van der Waals surface area contributed by atoms with Gasteiger partial charge in [0.15, 0.2) is 37.0 Å². The van der Waals surface area contributed by atoms with Gasteiger partial charge in [-0.2, -0.15) is 0 Å². The van der Waals surface area contributed by atoms with Gasteiger partial charge in [-0.05, 0) is 36.4 Å². The number of benzene rings is 3. The number of imide groups is 1. The van der Waals surface area contributed by atoms with Gasteiger partial charge in [0.1, 0.15) is 37.6 Å². The molecule has 20 heteroatoms. The SMILES string of the molecule is CO[C@@H]1O[C@H](COC(=O)c2ccccc2)[C@H](O[C@@H]2O[C@H](COC(C)=O)[C@H](OC(C)=O)[C@H](OC(C)=O)[C@H]2OC(C)=O)[C@H](OC(=O)c2ccccc2)[C@H]1NN1C(=O)c2ccccc2C1=O. The van der Waals surface area contributed by atoms with E-state index in [4.69, 9.17) is 47.4 Å². The smallest absolute Gasteiger partial charge is 0.338 e. The highest BCUT2D eigenvalue weighted by atomic mass is 16.8. The van der Waals surface area contributed by atoms with E-state index in [0.717, 1.165) is 27.7 Å². The van der Waals surface area contributed by atoms with Crippen molar-refractivity contribution >= 4 is 47.6 Å². The molecular formula is C43H44N2O18. The van der Waals surface area contributed by atoms with Crippen molar-refractivity contribution in [2.24, 2.45) is 0 Å². The zero-order valence-electron chi connectivity index (χ0n) is 34.6. The first kappa shape index (κ1) is 45.9. The Bertz CT molecular complexity index is 2150. The molecule has 10 atom stereocenters. The molecule has 2 fully saturated rings. The molecule has 3 aromatic rings. The van der Waals surface area contributed by atoms with Gasteiger partial charge in [-0.1, -0.05) is 48.5 Å². The normalized spacial score (nSPS) is 26.5. The number of ether oxygens (including phenoxy) is 10. The van der Waals surface area contributed by atoms with Gasteiger partial charge < -0.3 is 47.4 Å². The maximum absolute atomic E-state index is 14.0. The maximum atomic E-state index is 14.0. The number of esters is 6. The molecule has 3 aliphatic rings. The van der Waals surface area contributed by atoms with Crippen molar-refractivity contribution in [2.45, 2.75) is 89.0 Å². The van der Waals surface area contributed by atoms with Gasteiger partial charge in [-0.15, -0.1) is 0 Å². The zero-order chi connectivity index (χ0) is 45.4. The van der Waals surface area contributed by atoms with Gasteiger partial charge in [-0.25, -0.2) is 20.0 Å². The molecule has 0 radical (unpaired) electrons. The van der Waals surface area contributed by atoms with Crippen LogP contribution in [0.5, 0.6) is 0 Å². The van der Waals surface area contributed by atoms with E-state index in [9.17, 15) is 38.4 Å². The Morgan fingerprint density at radius 1 is 0.540 bits per heavy atom. The maximum Gasteiger partial charge on any atom is 0.338 e. The second kappa shape index (κ2) is 20.5. The summed E-state index contributed by atoms with van der Waals surface area (Å²) in [5, 5.41) is 0.690. The minimum Gasteiger partial charge on any atom is -0.463 e. The van der Waals surface area contributed by atoms with Crippen molar-refractivity contribution in [3.05, 3.63) is 107 Å². The quantitative estimate of drug-likeness (QED) is 0.130. The molecule has 0 unspecified atom stereocenters. The van der Waals surface area contributed by atoms with Crippen LogP contribution < -0.4 is 5.43 Å². The van der Waals surface area contributed by atoms with Crippen molar-refractivity contribution < 1.29 is 85.7 Å². The van der Waals surface area contributed by atoms with Crippen molar-refractivity contribution in [3.63, 3.8) is 0 Å². The monoisotopic (exact) mass is 876 g/mol. The van der Waals surface area contributed by atoms with E-state index >= 15 is 0 Å². The van der Waals surface area contributed by atoms with Gasteiger partial charge in [0.2, 0.25) is 0 Å². The number of fused-ring (bicyclic) bond motifs is 1. The Balaban J connectivity index is 1.47. The third-order valence-corrected chi connectivity index (χ3v) is 9.83. The standard InChI is InChI=1S/C43H44N2O18/c1-22(46)55-20-30-34(57-23(2)47)36(58-24(3)48)37(59-25(4)49)43(61-30)63-33-31(21-56-40(52)26-14-8-6-9-15-26)60-42(54-5)32(35(33)62-41(53)27-16-10-7-11-17-27)44-45-38(50)28-18-12-13-19-29(28)39(45)51/h6-19,30-37,42-44H,20-21H2,1-5H3/t30-,31-,32-,33+,34+,35-,36+,37-,42-,43+/m1/s1. The second-order valence-corrected chi connectivity index (χ2v) is 14.3. The van der Waals surface area contributed by atoms with Gasteiger partial charge in [0.25, 0.3) is 11.8 Å². The number of carbonyl (C=O) groups is 8. The molecule has 6 rings (SSSR count). The Kier molecular flexibility index (Phi) is 15.0. The van der Waals surface area contributed by atoms with E-state index in [2.05, 4.69) is 5.43 Å². The van der Waals surface area contributed by atoms with Gasteiger partial charge >= 0.3 is 35.8 Å². The largest absolute Gasteiger partial charge is 0.463 e. The highest BCUT2D eigenvalue weighted by Crippen LogP contribution is 2.36. The summed E-state index contributed by atoms with van der Waals surface area (Å²) in [7, 11) is 1.23. The lowest BCUT2D eigenvalue weighted by atomic mass is 9.95. The van der Waals surface area contributed by atoms with E-state index in [1.54, 1.807) is 48.5 Å². The zero-order valence-corrected chi connectivity index (χ0v) is 34.6. The highest BCUT2D eigenvalue weighted by molar-refractivity contribution is 6.21. The lowest BCUT2D eigenvalue weighted by Crippen LogP contribution is -2.70. The third kappa shape index (κ3) is 10.9. The molecule has 2 amide bonds. The van der Waals surface area contributed by atoms with Crippen molar-refractivity contribution in [3.8, 4) is 0 Å². The van der Waals surface area contributed by atoms with Gasteiger partial charge in [0.05, 0.1) is 22.3 Å².